The van der Waals surface area contributed by atoms with Crippen molar-refractivity contribution in [3.05, 3.63) is 34.6 Å². The third-order valence-corrected chi connectivity index (χ3v) is 4.05. The molecule has 1 aromatic rings. The van der Waals surface area contributed by atoms with Crippen molar-refractivity contribution in [2.24, 2.45) is 11.8 Å². The van der Waals surface area contributed by atoms with Crippen molar-refractivity contribution in [2.75, 3.05) is 0 Å². The van der Waals surface area contributed by atoms with Gasteiger partial charge in [-0.2, -0.15) is 0 Å². The molecule has 0 aromatic heterocycles. The van der Waals surface area contributed by atoms with E-state index in [0.717, 1.165) is 19.3 Å². The molecule has 0 unspecified atom stereocenters. The van der Waals surface area contributed by atoms with Crippen molar-refractivity contribution in [1.82, 2.24) is 0 Å². The molecule has 98 valence electrons. The fraction of sp³-hybridized carbons (Fsp3) is 0.533. The lowest BCUT2D eigenvalue weighted by atomic mass is 9.82. The Morgan fingerprint density at radius 2 is 2.11 bits per heavy atom. The van der Waals surface area contributed by atoms with E-state index in [4.69, 9.17) is 11.6 Å². The van der Waals surface area contributed by atoms with E-state index < -0.39 is 0 Å². The van der Waals surface area contributed by atoms with Crippen molar-refractivity contribution in [2.45, 2.75) is 39.0 Å². The average molecular weight is 269 g/mol. The highest BCUT2D eigenvalue weighted by Gasteiger charge is 2.35. The van der Waals surface area contributed by atoms with E-state index in [2.05, 4.69) is 0 Å². The third-order valence-electron chi connectivity index (χ3n) is 3.81. The van der Waals surface area contributed by atoms with Crippen molar-refractivity contribution in [3.63, 3.8) is 0 Å². The second kappa shape index (κ2) is 5.40. The molecule has 1 aliphatic rings. The number of rotatable bonds is 3. The van der Waals surface area contributed by atoms with Crippen LogP contribution in [-0.4, -0.2) is 5.78 Å². The molecule has 0 radical (unpaired) electrons. The van der Waals surface area contributed by atoms with E-state index in [1.807, 2.05) is 13.8 Å². The molecular formula is C15H18ClFO. The zero-order chi connectivity index (χ0) is 13.3. The summed E-state index contributed by atoms with van der Waals surface area (Å²) < 4.78 is 13.9. The third kappa shape index (κ3) is 2.59. The second-order valence-electron chi connectivity index (χ2n) is 5.37. The summed E-state index contributed by atoms with van der Waals surface area (Å²) in [6, 6.07) is 4.77. The summed E-state index contributed by atoms with van der Waals surface area (Å²) in [4.78, 5) is 12.2. The van der Waals surface area contributed by atoms with Gasteiger partial charge in [0, 0.05) is 16.9 Å². The maximum Gasteiger partial charge on any atom is 0.139 e. The van der Waals surface area contributed by atoms with Gasteiger partial charge in [-0.05, 0) is 36.5 Å². The van der Waals surface area contributed by atoms with E-state index in [1.54, 1.807) is 12.1 Å². The Kier molecular flexibility index (Phi) is 4.06. The van der Waals surface area contributed by atoms with Gasteiger partial charge in [0.15, 0.2) is 0 Å². The zero-order valence-electron chi connectivity index (χ0n) is 10.7. The summed E-state index contributed by atoms with van der Waals surface area (Å²) in [6.07, 6.45) is 2.77. The highest BCUT2D eigenvalue weighted by Crippen LogP contribution is 2.42. The van der Waals surface area contributed by atoms with E-state index in [9.17, 15) is 9.18 Å². The molecule has 18 heavy (non-hydrogen) atoms. The number of hydrogen-bond acceptors (Lipinski definition) is 1. The van der Waals surface area contributed by atoms with Crippen LogP contribution in [0.3, 0.4) is 0 Å². The van der Waals surface area contributed by atoms with E-state index in [0.29, 0.717) is 10.6 Å². The summed E-state index contributed by atoms with van der Waals surface area (Å²) in [5.74, 6) is -0.00777. The molecule has 0 amide bonds. The fourth-order valence-corrected chi connectivity index (χ4v) is 3.06. The van der Waals surface area contributed by atoms with E-state index in [1.165, 1.54) is 6.07 Å². The average Bonchev–Trinajstić information content (AvgIpc) is 2.76. The van der Waals surface area contributed by atoms with Crippen molar-refractivity contribution in [1.29, 1.82) is 0 Å². The molecule has 0 bridgehead atoms. The van der Waals surface area contributed by atoms with Gasteiger partial charge in [-0.15, -0.1) is 0 Å². The van der Waals surface area contributed by atoms with Crippen LogP contribution in [0.2, 0.25) is 5.02 Å². The maximum atomic E-state index is 13.9. The molecule has 0 N–H and O–H groups in total. The predicted molar refractivity (Wildman–Crippen MR) is 71.3 cm³/mol. The van der Waals surface area contributed by atoms with Gasteiger partial charge in [0.25, 0.3) is 0 Å². The quantitative estimate of drug-likeness (QED) is 0.784. The molecule has 1 aliphatic carbocycles. The Balaban J connectivity index is 2.29. The first-order valence-electron chi connectivity index (χ1n) is 6.49. The molecule has 2 atom stereocenters. The topological polar surface area (TPSA) is 17.1 Å². The van der Waals surface area contributed by atoms with Gasteiger partial charge in [0.1, 0.15) is 11.6 Å². The first kappa shape index (κ1) is 13.5. The number of benzene rings is 1. The van der Waals surface area contributed by atoms with Crippen LogP contribution in [-0.2, 0) is 4.79 Å². The number of halogens is 2. The number of carbonyl (C=O) groups excluding carboxylic acids is 1. The van der Waals surface area contributed by atoms with Crippen LogP contribution in [0.5, 0.6) is 0 Å². The van der Waals surface area contributed by atoms with Crippen molar-refractivity contribution >= 4 is 17.4 Å². The summed E-state index contributed by atoms with van der Waals surface area (Å²) in [7, 11) is 0. The summed E-state index contributed by atoms with van der Waals surface area (Å²) in [6.45, 7) is 3.83. The summed E-state index contributed by atoms with van der Waals surface area (Å²) in [5, 5.41) is 0.404. The highest BCUT2D eigenvalue weighted by atomic mass is 35.5. The molecule has 1 saturated carbocycles. The van der Waals surface area contributed by atoms with Crippen LogP contribution in [0.4, 0.5) is 4.39 Å². The van der Waals surface area contributed by atoms with Crippen LogP contribution < -0.4 is 0 Å². The van der Waals surface area contributed by atoms with Gasteiger partial charge in [-0.1, -0.05) is 37.9 Å². The van der Waals surface area contributed by atoms with Crippen molar-refractivity contribution in [3.8, 4) is 0 Å². The van der Waals surface area contributed by atoms with Crippen molar-refractivity contribution < 1.29 is 9.18 Å². The first-order valence-corrected chi connectivity index (χ1v) is 6.87. The molecular weight excluding hydrogens is 251 g/mol. The molecule has 0 heterocycles. The van der Waals surface area contributed by atoms with Crippen LogP contribution in [0.25, 0.3) is 0 Å². The minimum atomic E-state index is -0.282. The zero-order valence-corrected chi connectivity index (χ0v) is 11.5. The Labute approximate surface area is 112 Å². The van der Waals surface area contributed by atoms with Crippen LogP contribution in [0, 0.1) is 17.7 Å². The van der Waals surface area contributed by atoms with E-state index >= 15 is 0 Å². The Bertz CT molecular complexity index is 456. The Hall–Kier alpha value is -0.890. The van der Waals surface area contributed by atoms with Crippen LogP contribution in [0.1, 0.15) is 44.6 Å². The summed E-state index contributed by atoms with van der Waals surface area (Å²) in [5.41, 5.74) is 0.649. The summed E-state index contributed by atoms with van der Waals surface area (Å²) >= 11 is 5.77. The smallest absolute Gasteiger partial charge is 0.139 e. The number of ketones is 1. The minimum Gasteiger partial charge on any atom is -0.299 e. The lowest BCUT2D eigenvalue weighted by Crippen LogP contribution is -2.22. The predicted octanol–water partition coefficient (Wildman–Crippen LogP) is 4.59. The van der Waals surface area contributed by atoms with Gasteiger partial charge in [-0.3, -0.25) is 4.79 Å². The van der Waals surface area contributed by atoms with Gasteiger partial charge in [-0.25, -0.2) is 4.39 Å². The van der Waals surface area contributed by atoms with Crippen LogP contribution >= 0.6 is 11.6 Å². The maximum absolute atomic E-state index is 13.9. The molecule has 2 rings (SSSR count). The standard InChI is InChI=1S/C15H18ClFO/c1-9(2)15(18)13-5-3-4-11(13)12-7-6-10(16)8-14(12)17/h6-9,11,13H,3-5H2,1-2H3/t11-,13+/m0/s1. The molecule has 0 saturated heterocycles. The largest absolute Gasteiger partial charge is 0.299 e. The SMILES string of the molecule is CC(C)C(=O)[C@@H]1CCC[C@H]1c1ccc(Cl)cc1F. The van der Waals surface area contributed by atoms with Gasteiger partial charge in [0.05, 0.1) is 0 Å². The lowest BCUT2D eigenvalue weighted by Gasteiger charge is -2.21. The molecule has 3 heteroatoms. The van der Waals surface area contributed by atoms with Gasteiger partial charge in [0.2, 0.25) is 0 Å². The molecule has 0 spiro atoms. The first-order chi connectivity index (χ1) is 8.50. The normalized spacial score (nSPS) is 23.6. The highest BCUT2D eigenvalue weighted by molar-refractivity contribution is 6.30. The second-order valence-corrected chi connectivity index (χ2v) is 5.80. The monoisotopic (exact) mass is 268 g/mol. The van der Waals surface area contributed by atoms with Crippen LogP contribution in [0.15, 0.2) is 18.2 Å². The van der Waals surface area contributed by atoms with Gasteiger partial charge >= 0.3 is 0 Å². The van der Waals surface area contributed by atoms with Gasteiger partial charge < -0.3 is 0 Å². The number of carbonyl (C=O) groups is 1. The number of Topliss-reactive ketones (excluding diaryl/α,β-unsaturated/α-hetero) is 1. The van der Waals surface area contributed by atoms with E-state index in [-0.39, 0.29) is 29.4 Å². The molecule has 1 fully saturated rings. The Morgan fingerprint density at radius 1 is 1.39 bits per heavy atom. The fourth-order valence-electron chi connectivity index (χ4n) is 2.90. The molecule has 1 nitrogen and oxygen atoms in total. The Morgan fingerprint density at radius 3 is 2.72 bits per heavy atom. The molecule has 1 aromatic carbocycles. The molecule has 0 aliphatic heterocycles. The lowest BCUT2D eigenvalue weighted by molar-refractivity contribution is -0.126. The minimum absolute atomic E-state index is 0.0194. The number of hydrogen-bond donors (Lipinski definition) is 0.